The topological polar surface area (TPSA) is 72.7 Å². The Bertz CT molecular complexity index is 65.2. The minimum absolute atomic E-state index is 0.210. The van der Waals surface area contributed by atoms with Crippen LogP contribution in [0.1, 0.15) is 0 Å². The SMILES string of the molecule is CNC(O)C(CO)CO. The highest BCUT2D eigenvalue weighted by Gasteiger charge is 2.14. The van der Waals surface area contributed by atoms with Gasteiger partial charge in [0, 0.05) is 5.92 Å². The maximum atomic E-state index is 8.89. The number of hydrogen-bond donors (Lipinski definition) is 4. The molecule has 0 aliphatic rings. The molecule has 0 radical (unpaired) electrons. The maximum Gasteiger partial charge on any atom is 0.111 e. The number of rotatable bonds is 4. The average molecular weight is 135 g/mol. The van der Waals surface area contributed by atoms with E-state index in [0.717, 1.165) is 0 Å². The Kier molecular flexibility index (Phi) is 4.61. The summed E-state index contributed by atoms with van der Waals surface area (Å²) >= 11 is 0. The monoisotopic (exact) mass is 135 g/mol. The fraction of sp³-hybridized carbons (Fsp3) is 1.00. The van der Waals surface area contributed by atoms with Gasteiger partial charge in [0.15, 0.2) is 0 Å². The van der Waals surface area contributed by atoms with E-state index in [-0.39, 0.29) is 13.2 Å². The third kappa shape index (κ3) is 2.76. The van der Waals surface area contributed by atoms with Gasteiger partial charge < -0.3 is 15.3 Å². The van der Waals surface area contributed by atoms with E-state index in [1.165, 1.54) is 0 Å². The molecule has 0 aromatic carbocycles. The quantitative estimate of drug-likeness (QED) is 0.341. The van der Waals surface area contributed by atoms with Gasteiger partial charge in [-0.15, -0.1) is 0 Å². The molecule has 4 heteroatoms. The number of nitrogens with one attached hydrogen (secondary N) is 1. The first kappa shape index (κ1) is 8.84. The average Bonchev–Trinajstić information content (AvgIpc) is 1.90. The van der Waals surface area contributed by atoms with Crippen molar-refractivity contribution in [1.29, 1.82) is 0 Å². The zero-order valence-corrected chi connectivity index (χ0v) is 5.41. The number of aliphatic hydroxyl groups excluding tert-OH is 3. The molecule has 0 bridgehead atoms. The first-order valence-electron chi connectivity index (χ1n) is 2.83. The summed E-state index contributed by atoms with van der Waals surface area (Å²) in [6, 6.07) is 0. The largest absolute Gasteiger partial charge is 0.396 e. The zero-order chi connectivity index (χ0) is 7.28. The van der Waals surface area contributed by atoms with Gasteiger partial charge >= 0.3 is 0 Å². The molecule has 4 nitrogen and oxygen atoms in total. The van der Waals surface area contributed by atoms with Crippen LogP contribution >= 0.6 is 0 Å². The Morgan fingerprint density at radius 3 is 1.89 bits per heavy atom. The molecule has 1 unspecified atom stereocenters. The molecule has 56 valence electrons. The zero-order valence-electron chi connectivity index (χ0n) is 5.41. The third-order valence-electron chi connectivity index (χ3n) is 1.21. The van der Waals surface area contributed by atoms with Gasteiger partial charge in [0.05, 0.1) is 13.2 Å². The standard InChI is InChI=1S/C5H13NO3/c1-6-5(9)4(2-7)3-8/h4-9H,2-3H2,1H3. The van der Waals surface area contributed by atoms with Gasteiger partial charge in [-0.25, -0.2) is 0 Å². The van der Waals surface area contributed by atoms with Crippen LogP contribution < -0.4 is 5.32 Å². The van der Waals surface area contributed by atoms with Crippen molar-refractivity contribution in [3.05, 3.63) is 0 Å². The maximum absolute atomic E-state index is 8.89. The number of hydrogen-bond acceptors (Lipinski definition) is 4. The molecule has 0 amide bonds. The molecule has 0 aromatic rings. The normalized spacial score (nSPS) is 14.3. The van der Waals surface area contributed by atoms with Crippen molar-refractivity contribution in [3.8, 4) is 0 Å². The van der Waals surface area contributed by atoms with Crippen LogP contribution in [0.2, 0.25) is 0 Å². The van der Waals surface area contributed by atoms with Gasteiger partial charge in [-0.3, -0.25) is 5.32 Å². The van der Waals surface area contributed by atoms with Crippen LogP contribution in [0.15, 0.2) is 0 Å². The molecule has 0 rings (SSSR count). The predicted octanol–water partition coefficient (Wildman–Crippen LogP) is -1.88. The minimum Gasteiger partial charge on any atom is -0.396 e. The molecule has 0 aliphatic carbocycles. The summed E-state index contributed by atoms with van der Waals surface area (Å²) < 4.78 is 0. The van der Waals surface area contributed by atoms with Crippen LogP contribution in [-0.2, 0) is 0 Å². The molecular weight excluding hydrogens is 122 g/mol. The Balaban J connectivity index is 3.50. The first-order chi connectivity index (χ1) is 4.26. The van der Waals surface area contributed by atoms with Crippen molar-refractivity contribution in [2.45, 2.75) is 6.23 Å². The van der Waals surface area contributed by atoms with Crippen LogP contribution in [0.25, 0.3) is 0 Å². The van der Waals surface area contributed by atoms with E-state index in [1.54, 1.807) is 7.05 Å². The van der Waals surface area contributed by atoms with Gasteiger partial charge in [-0.2, -0.15) is 0 Å². The van der Waals surface area contributed by atoms with Crippen LogP contribution in [0.3, 0.4) is 0 Å². The Labute approximate surface area is 54.1 Å². The first-order valence-corrected chi connectivity index (χ1v) is 2.83. The second-order valence-corrected chi connectivity index (χ2v) is 1.86. The van der Waals surface area contributed by atoms with Crippen molar-refractivity contribution in [3.63, 3.8) is 0 Å². The van der Waals surface area contributed by atoms with Crippen molar-refractivity contribution >= 4 is 0 Å². The molecule has 4 N–H and O–H groups in total. The smallest absolute Gasteiger partial charge is 0.111 e. The van der Waals surface area contributed by atoms with Crippen LogP contribution in [0.5, 0.6) is 0 Å². The molecule has 0 saturated carbocycles. The summed E-state index contributed by atoms with van der Waals surface area (Å²) in [5, 5.41) is 28.3. The van der Waals surface area contributed by atoms with E-state index in [1.807, 2.05) is 0 Å². The van der Waals surface area contributed by atoms with E-state index in [9.17, 15) is 0 Å². The van der Waals surface area contributed by atoms with Crippen LogP contribution in [0.4, 0.5) is 0 Å². The molecule has 1 atom stereocenters. The second-order valence-electron chi connectivity index (χ2n) is 1.86. The van der Waals surface area contributed by atoms with E-state index in [0.29, 0.717) is 0 Å². The summed E-state index contributed by atoms with van der Waals surface area (Å²) in [7, 11) is 1.56. The molecule has 0 spiro atoms. The molecular formula is C5H13NO3. The van der Waals surface area contributed by atoms with Crippen molar-refractivity contribution < 1.29 is 15.3 Å². The highest BCUT2D eigenvalue weighted by Crippen LogP contribution is 1.96. The summed E-state index contributed by atoms with van der Waals surface area (Å²) in [5.74, 6) is -0.477. The van der Waals surface area contributed by atoms with Gasteiger partial charge in [0.25, 0.3) is 0 Å². The molecule has 0 heterocycles. The second kappa shape index (κ2) is 4.69. The van der Waals surface area contributed by atoms with E-state index < -0.39 is 12.1 Å². The summed E-state index contributed by atoms with van der Waals surface area (Å²) in [6.07, 6.45) is -0.819. The van der Waals surface area contributed by atoms with E-state index in [2.05, 4.69) is 5.32 Å². The van der Waals surface area contributed by atoms with Crippen molar-refractivity contribution in [2.24, 2.45) is 5.92 Å². The molecule has 0 fully saturated rings. The van der Waals surface area contributed by atoms with Crippen molar-refractivity contribution in [1.82, 2.24) is 5.32 Å². The van der Waals surface area contributed by atoms with Gasteiger partial charge in [0.1, 0.15) is 6.23 Å². The van der Waals surface area contributed by atoms with Crippen molar-refractivity contribution in [2.75, 3.05) is 20.3 Å². The Morgan fingerprint density at radius 1 is 1.33 bits per heavy atom. The lowest BCUT2D eigenvalue weighted by Crippen LogP contribution is -2.37. The summed E-state index contributed by atoms with van der Waals surface area (Å²) in [4.78, 5) is 0. The number of aliphatic hydroxyl groups is 3. The lowest BCUT2D eigenvalue weighted by atomic mass is 10.1. The fourth-order valence-corrected chi connectivity index (χ4v) is 0.493. The van der Waals surface area contributed by atoms with Gasteiger partial charge in [-0.1, -0.05) is 0 Å². The molecule has 0 aromatic heterocycles. The Morgan fingerprint density at radius 2 is 1.78 bits per heavy atom. The molecule has 0 saturated heterocycles. The van der Waals surface area contributed by atoms with E-state index in [4.69, 9.17) is 15.3 Å². The summed E-state index contributed by atoms with van der Waals surface area (Å²) in [6.45, 7) is -0.420. The molecule has 9 heavy (non-hydrogen) atoms. The summed E-state index contributed by atoms with van der Waals surface area (Å²) in [5.41, 5.74) is 0. The third-order valence-corrected chi connectivity index (χ3v) is 1.21. The molecule has 0 aliphatic heterocycles. The van der Waals surface area contributed by atoms with Gasteiger partial charge in [0.2, 0.25) is 0 Å². The van der Waals surface area contributed by atoms with Gasteiger partial charge in [-0.05, 0) is 7.05 Å². The van der Waals surface area contributed by atoms with E-state index >= 15 is 0 Å². The van der Waals surface area contributed by atoms with Crippen LogP contribution in [-0.4, -0.2) is 41.8 Å². The fourth-order valence-electron chi connectivity index (χ4n) is 0.493. The minimum atomic E-state index is -0.819. The highest BCUT2D eigenvalue weighted by atomic mass is 16.3. The lowest BCUT2D eigenvalue weighted by molar-refractivity contribution is 0.0165. The predicted molar refractivity (Wildman–Crippen MR) is 32.7 cm³/mol. The highest BCUT2D eigenvalue weighted by molar-refractivity contribution is 4.61. The van der Waals surface area contributed by atoms with Crippen LogP contribution in [0, 0.1) is 5.92 Å². The lowest BCUT2D eigenvalue weighted by Gasteiger charge is -2.16. The Hall–Kier alpha value is -0.160.